The van der Waals surface area contributed by atoms with Gasteiger partial charge < -0.3 is 10.5 Å². The Morgan fingerprint density at radius 2 is 2.00 bits per heavy atom. The average molecular weight is 440 g/mol. The van der Waals surface area contributed by atoms with Crippen LogP contribution in [-0.2, 0) is 0 Å². The van der Waals surface area contributed by atoms with Gasteiger partial charge in [-0.25, -0.2) is 4.98 Å². The maximum Gasteiger partial charge on any atom is 0.254 e. The monoisotopic (exact) mass is 439 g/mol. The lowest BCUT2D eigenvalue weighted by Gasteiger charge is -2.23. The summed E-state index contributed by atoms with van der Waals surface area (Å²) in [7, 11) is 1.00. The summed E-state index contributed by atoms with van der Waals surface area (Å²) in [5, 5.41) is 14.6. The van der Waals surface area contributed by atoms with Gasteiger partial charge in [0.15, 0.2) is 0 Å². The number of halogens is 1. The Hall–Kier alpha value is -2.76. The minimum absolute atomic E-state index is 0.00496. The molecule has 0 radical (unpaired) electrons. The smallest absolute Gasteiger partial charge is 0.254 e. The molecule has 5 nitrogen and oxygen atoms in total. The van der Waals surface area contributed by atoms with Crippen LogP contribution in [0.15, 0.2) is 71.3 Å². The standard InChI is InChI=1S/C24H26ClN3O.CH4O/c1-18(14-19(16-26)8-7-13-25)21-11-5-6-12-22(21)23-15-24(29)28(17-27-23)20-9-3-2-4-10-20;1-2/h5-8,11-13,15-17,20,26H,1-4,9-10,14H2;2H,1H3/b13-7+,19-8-,26-16?;. The second kappa shape index (κ2) is 12.8. The topological polar surface area (TPSA) is 79.0 Å². The molecule has 6 heteroatoms. The van der Waals surface area contributed by atoms with Crippen LogP contribution < -0.4 is 5.56 Å². The highest BCUT2D eigenvalue weighted by molar-refractivity contribution is 6.25. The predicted molar refractivity (Wildman–Crippen MR) is 130 cm³/mol. The Morgan fingerprint density at radius 1 is 1.29 bits per heavy atom. The van der Waals surface area contributed by atoms with Crippen LogP contribution in [0.5, 0.6) is 0 Å². The molecule has 1 heterocycles. The summed E-state index contributed by atoms with van der Waals surface area (Å²) in [5.41, 5.74) is 5.51. The van der Waals surface area contributed by atoms with Crippen LogP contribution in [0.4, 0.5) is 0 Å². The zero-order valence-corrected chi connectivity index (χ0v) is 18.7. The highest BCUT2D eigenvalue weighted by Gasteiger charge is 2.17. The van der Waals surface area contributed by atoms with Gasteiger partial charge in [0.1, 0.15) is 0 Å². The fraction of sp³-hybridized carbons (Fsp3) is 0.320. The van der Waals surface area contributed by atoms with Crippen LogP contribution in [0.1, 0.15) is 50.1 Å². The van der Waals surface area contributed by atoms with Gasteiger partial charge in [0, 0.05) is 36.5 Å². The minimum atomic E-state index is -0.00496. The van der Waals surface area contributed by atoms with Crippen LogP contribution in [-0.4, -0.2) is 28.0 Å². The van der Waals surface area contributed by atoms with E-state index in [-0.39, 0.29) is 11.6 Å². The molecule has 2 aromatic rings. The third kappa shape index (κ3) is 6.61. The number of aliphatic hydroxyl groups is 1. The van der Waals surface area contributed by atoms with Gasteiger partial charge in [-0.05, 0) is 36.0 Å². The van der Waals surface area contributed by atoms with Gasteiger partial charge in [0.25, 0.3) is 5.56 Å². The van der Waals surface area contributed by atoms with Crippen molar-refractivity contribution in [1.82, 2.24) is 9.55 Å². The van der Waals surface area contributed by atoms with Crippen LogP contribution >= 0.6 is 11.6 Å². The van der Waals surface area contributed by atoms with E-state index < -0.39 is 0 Å². The Morgan fingerprint density at radius 3 is 2.65 bits per heavy atom. The molecular formula is C25H30ClN3O2. The highest BCUT2D eigenvalue weighted by atomic mass is 35.5. The van der Waals surface area contributed by atoms with E-state index >= 15 is 0 Å². The van der Waals surface area contributed by atoms with Gasteiger partial charge in [-0.3, -0.25) is 9.36 Å². The highest BCUT2D eigenvalue weighted by Crippen LogP contribution is 2.30. The molecule has 0 bridgehead atoms. The van der Waals surface area contributed by atoms with E-state index in [0.717, 1.165) is 42.2 Å². The second-order valence-corrected chi connectivity index (χ2v) is 7.59. The molecule has 1 aliphatic rings. The first kappa shape index (κ1) is 24.5. The number of hydrogen-bond donors (Lipinski definition) is 2. The SMILES string of the molecule is C=C(C/C(C=N)=C/C=C/Cl)c1ccccc1-c1cc(=O)n(C2CCCCC2)cn1.CO. The van der Waals surface area contributed by atoms with Crippen molar-refractivity contribution >= 4 is 23.4 Å². The Kier molecular flexibility index (Phi) is 10.1. The van der Waals surface area contributed by atoms with Crippen molar-refractivity contribution in [2.75, 3.05) is 7.11 Å². The first-order chi connectivity index (χ1) is 15.1. The quantitative estimate of drug-likeness (QED) is 0.425. The Bertz CT molecular complexity index is 1000. The first-order valence-corrected chi connectivity index (χ1v) is 10.8. The lowest BCUT2D eigenvalue weighted by atomic mass is 9.93. The summed E-state index contributed by atoms with van der Waals surface area (Å²) in [6, 6.07) is 9.71. The number of aliphatic hydroxyl groups excluding tert-OH is 1. The molecule has 1 saturated carbocycles. The van der Waals surface area contributed by atoms with Crippen molar-refractivity contribution in [3.63, 3.8) is 0 Å². The van der Waals surface area contributed by atoms with E-state index in [2.05, 4.69) is 11.6 Å². The molecule has 1 aliphatic carbocycles. The van der Waals surface area contributed by atoms with Crippen LogP contribution in [0.2, 0.25) is 0 Å². The van der Waals surface area contributed by atoms with E-state index in [9.17, 15) is 4.79 Å². The van der Waals surface area contributed by atoms with E-state index in [4.69, 9.17) is 22.1 Å². The van der Waals surface area contributed by atoms with Crippen molar-refractivity contribution in [1.29, 1.82) is 5.41 Å². The number of nitrogens with one attached hydrogen (secondary N) is 1. The molecule has 3 rings (SSSR count). The molecule has 2 N–H and O–H groups in total. The maximum atomic E-state index is 12.8. The first-order valence-electron chi connectivity index (χ1n) is 10.4. The third-order valence-electron chi connectivity index (χ3n) is 5.37. The average Bonchev–Trinajstić information content (AvgIpc) is 2.83. The summed E-state index contributed by atoms with van der Waals surface area (Å²) >= 11 is 5.58. The van der Waals surface area contributed by atoms with Gasteiger partial charge in [0.2, 0.25) is 0 Å². The summed E-state index contributed by atoms with van der Waals surface area (Å²) in [5.74, 6) is 0. The zero-order valence-electron chi connectivity index (χ0n) is 17.9. The Balaban J connectivity index is 0.00000166. The fourth-order valence-electron chi connectivity index (χ4n) is 3.87. The predicted octanol–water partition coefficient (Wildman–Crippen LogP) is 5.76. The van der Waals surface area contributed by atoms with Gasteiger partial charge in [-0.15, -0.1) is 0 Å². The van der Waals surface area contributed by atoms with Crippen molar-refractivity contribution < 1.29 is 5.11 Å². The Labute approximate surface area is 188 Å². The number of nitrogens with zero attached hydrogens (tertiary/aromatic N) is 2. The van der Waals surface area contributed by atoms with E-state index in [1.54, 1.807) is 29.1 Å². The summed E-state index contributed by atoms with van der Waals surface area (Å²) in [6.45, 7) is 4.21. The third-order valence-corrected chi connectivity index (χ3v) is 5.52. The normalized spacial score (nSPS) is 14.7. The van der Waals surface area contributed by atoms with Crippen LogP contribution in [0.3, 0.4) is 0 Å². The molecule has 1 fully saturated rings. The molecule has 0 spiro atoms. The van der Waals surface area contributed by atoms with Crippen LogP contribution in [0.25, 0.3) is 16.8 Å². The van der Waals surface area contributed by atoms with Crippen LogP contribution in [0, 0.1) is 5.41 Å². The zero-order chi connectivity index (χ0) is 22.6. The van der Waals surface area contributed by atoms with Crippen molar-refractivity contribution in [3.05, 3.63) is 82.4 Å². The van der Waals surface area contributed by atoms with Gasteiger partial charge >= 0.3 is 0 Å². The number of allylic oxidation sites excluding steroid dienone is 4. The van der Waals surface area contributed by atoms with Crippen molar-refractivity contribution in [3.8, 4) is 11.3 Å². The van der Waals surface area contributed by atoms with Gasteiger partial charge in [0.05, 0.1) is 12.0 Å². The number of hydrogen-bond acceptors (Lipinski definition) is 4. The summed E-state index contributed by atoms with van der Waals surface area (Å²) in [4.78, 5) is 17.4. The summed E-state index contributed by atoms with van der Waals surface area (Å²) in [6.07, 6.45) is 12.7. The van der Waals surface area contributed by atoms with E-state index in [1.165, 1.54) is 31.0 Å². The summed E-state index contributed by atoms with van der Waals surface area (Å²) < 4.78 is 1.79. The van der Waals surface area contributed by atoms with E-state index in [0.29, 0.717) is 12.1 Å². The molecule has 0 unspecified atom stereocenters. The lowest BCUT2D eigenvalue weighted by molar-refractivity contribution is 0.343. The van der Waals surface area contributed by atoms with Crippen molar-refractivity contribution in [2.24, 2.45) is 0 Å². The molecule has 164 valence electrons. The largest absolute Gasteiger partial charge is 0.400 e. The van der Waals surface area contributed by atoms with E-state index in [1.807, 2.05) is 24.3 Å². The van der Waals surface area contributed by atoms with Crippen molar-refractivity contribution in [2.45, 2.75) is 44.6 Å². The maximum absolute atomic E-state index is 12.8. The number of rotatable bonds is 7. The molecule has 31 heavy (non-hydrogen) atoms. The molecule has 0 aliphatic heterocycles. The lowest BCUT2D eigenvalue weighted by Crippen LogP contribution is -2.26. The van der Waals surface area contributed by atoms with Gasteiger partial charge in [-0.1, -0.05) is 73.9 Å². The second-order valence-electron chi connectivity index (χ2n) is 7.34. The number of aromatic nitrogens is 2. The molecule has 0 atom stereocenters. The molecule has 0 amide bonds. The molecule has 0 saturated heterocycles. The minimum Gasteiger partial charge on any atom is -0.400 e. The van der Waals surface area contributed by atoms with Gasteiger partial charge in [-0.2, -0.15) is 0 Å². The molecular weight excluding hydrogens is 410 g/mol. The molecule has 1 aromatic carbocycles. The molecule has 1 aromatic heterocycles. The number of benzene rings is 1. The fourth-order valence-corrected chi connectivity index (χ4v) is 3.94.